The van der Waals surface area contributed by atoms with Gasteiger partial charge in [-0.25, -0.2) is 0 Å². The van der Waals surface area contributed by atoms with Crippen molar-refractivity contribution in [1.82, 2.24) is 0 Å². The minimum atomic E-state index is 0.00788. The summed E-state index contributed by atoms with van der Waals surface area (Å²) in [6, 6.07) is 0. The van der Waals surface area contributed by atoms with Crippen molar-refractivity contribution in [2.24, 2.45) is 0 Å². The zero-order chi connectivity index (χ0) is 15.9. The van der Waals surface area contributed by atoms with Gasteiger partial charge in [-0.3, -0.25) is 0 Å². The van der Waals surface area contributed by atoms with Crippen LogP contribution in [0, 0.1) is 0 Å². The number of rotatable bonds is 7. The van der Waals surface area contributed by atoms with Crippen LogP contribution in [0.5, 0.6) is 0 Å². The Labute approximate surface area is 149 Å². The third kappa shape index (κ3) is 11.5. The van der Waals surface area contributed by atoms with E-state index < -0.39 is 0 Å². The van der Waals surface area contributed by atoms with Crippen LogP contribution in [0.3, 0.4) is 0 Å². The lowest BCUT2D eigenvalue weighted by Crippen LogP contribution is -2.26. The van der Waals surface area contributed by atoms with Crippen molar-refractivity contribution in [2.45, 2.75) is 62.4 Å². The quantitative estimate of drug-likeness (QED) is 0.563. The topological polar surface area (TPSA) is 9.23 Å². The van der Waals surface area contributed by atoms with E-state index in [1.807, 2.05) is 0 Å². The van der Waals surface area contributed by atoms with Gasteiger partial charge in [-0.05, 0) is 20.8 Å². The molecule has 0 aliphatic carbocycles. The number of thioether (sulfide) groups is 4. The molecule has 0 aromatic heterocycles. The van der Waals surface area contributed by atoms with E-state index in [0.29, 0.717) is 4.75 Å². The molecule has 1 aliphatic heterocycles. The molecule has 1 fully saturated rings. The molecule has 0 radical (unpaired) electrons. The minimum absolute atomic E-state index is 0.00788. The summed E-state index contributed by atoms with van der Waals surface area (Å²) in [6.07, 6.45) is 0. The third-order valence-electron chi connectivity index (χ3n) is 2.80. The highest BCUT2D eigenvalue weighted by molar-refractivity contribution is 8.09. The van der Waals surface area contributed by atoms with Gasteiger partial charge >= 0.3 is 0 Å². The van der Waals surface area contributed by atoms with Crippen molar-refractivity contribution in [3.05, 3.63) is 0 Å². The molecule has 0 spiro atoms. The van der Waals surface area contributed by atoms with Gasteiger partial charge < -0.3 is 4.74 Å². The van der Waals surface area contributed by atoms with Gasteiger partial charge in [-0.2, -0.15) is 47.0 Å². The molecule has 1 saturated heterocycles. The first-order valence-corrected chi connectivity index (χ1v) is 12.0. The lowest BCUT2D eigenvalue weighted by molar-refractivity contribution is 0.00695. The second kappa shape index (κ2) is 9.61. The number of hydrogen-bond acceptors (Lipinski definition) is 5. The van der Waals surface area contributed by atoms with Crippen molar-refractivity contribution < 1.29 is 4.74 Å². The molecule has 1 nitrogen and oxygen atoms in total. The Hall–Kier alpha value is 1.36. The van der Waals surface area contributed by atoms with Crippen molar-refractivity contribution >= 4 is 47.0 Å². The van der Waals surface area contributed by atoms with E-state index in [1.165, 1.54) is 23.0 Å². The molecule has 0 amide bonds. The summed E-state index contributed by atoms with van der Waals surface area (Å²) >= 11 is 8.55. The summed E-state index contributed by atoms with van der Waals surface area (Å²) < 4.78 is 6.17. The van der Waals surface area contributed by atoms with Crippen LogP contribution in [-0.2, 0) is 4.74 Å². The molecule has 0 saturated carbocycles. The zero-order valence-electron chi connectivity index (χ0n) is 14.4. The molecule has 126 valence electrons. The van der Waals surface area contributed by atoms with E-state index in [-0.39, 0.29) is 5.60 Å². The second-order valence-corrected chi connectivity index (χ2v) is 13.0. The monoisotopic (exact) mass is 368 g/mol. The van der Waals surface area contributed by atoms with Gasteiger partial charge in [-0.1, -0.05) is 20.8 Å². The largest absolute Gasteiger partial charge is 0.375 e. The van der Waals surface area contributed by atoms with E-state index in [4.69, 9.17) is 4.74 Å². The van der Waals surface area contributed by atoms with Crippen LogP contribution in [-0.4, -0.2) is 56.2 Å². The predicted octanol–water partition coefficient (Wildman–Crippen LogP) is 5.28. The molecular weight excluding hydrogens is 336 g/mol. The first kappa shape index (κ1) is 20.4. The normalized spacial score (nSPS) is 24.3. The molecule has 21 heavy (non-hydrogen) atoms. The first-order valence-electron chi connectivity index (χ1n) is 7.74. The van der Waals surface area contributed by atoms with Crippen LogP contribution in [0.25, 0.3) is 0 Å². The van der Waals surface area contributed by atoms with Gasteiger partial charge in [0.25, 0.3) is 0 Å². The van der Waals surface area contributed by atoms with Crippen LogP contribution in [0.1, 0.15) is 41.5 Å². The Balaban J connectivity index is 2.03. The zero-order valence-corrected chi connectivity index (χ0v) is 17.7. The molecule has 0 bridgehead atoms. The minimum Gasteiger partial charge on any atom is -0.375 e. The summed E-state index contributed by atoms with van der Waals surface area (Å²) in [7, 11) is 0. The number of ether oxygens (including phenoxy) is 1. The first-order chi connectivity index (χ1) is 9.66. The van der Waals surface area contributed by atoms with E-state index >= 15 is 0 Å². The third-order valence-corrected chi connectivity index (χ3v) is 8.98. The van der Waals surface area contributed by atoms with Crippen LogP contribution in [0.4, 0.5) is 0 Å². The standard InChI is InChI=1S/C16H32OS4/c1-15(2,3)17-7-8-18-9-13-10-20-14(11-19-13)12-21-16(4,5)6/h13-14H,7-12H2,1-6H3. The summed E-state index contributed by atoms with van der Waals surface area (Å²) in [6.45, 7) is 14.2. The highest BCUT2D eigenvalue weighted by Crippen LogP contribution is 2.35. The summed E-state index contributed by atoms with van der Waals surface area (Å²) in [5.41, 5.74) is 0.00788. The van der Waals surface area contributed by atoms with E-state index in [0.717, 1.165) is 22.9 Å². The van der Waals surface area contributed by atoms with Gasteiger partial charge in [0.1, 0.15) is 0 Å². The van der Waals surface area contributed by atoms with Crippen molar-refractivity contribution in [2.75, 3.05) is 35.4 Å². The molecule has 0 aromatic carbocycles. The second-order valence-electron chi connectivity index (χ2n) is 7.37. The average Bonchev–Trinajstić information content (AvgIpc) is 2.35. The molecule has 0 N–H and O–H groups in total. The van der Waals surface area contributed by atoms with E-state index in [1.54, 1.807) is 0 Å². The Morgan fingerprint density at radius 3 is 2.00 bits per heavy atom. The highest BCUT2D eigenvalue weighted by Gasteiger charge is 2.24. The maximum Gasteiger partial charge on any atom is 0.0598 e. The SMILES string of the molecule is CC(C)(C)OCCSCC1CSC(CSC(C)(C)C)CS1. The van der Waals surface area contributed by atoms with Gasteiger partial charge in [0.2, 0.25) is 0 Å². The van der Waals surface area contributed by atoms with Gasteiger partial charge in [0.05, 0.1) is 12.2 Å². The molecular formula is C16H32OS4. The van der Waals surface area contributed by atoms with Crippen LogP contribution in [0.15, 0.2) is 0 Å². The molecule has 1 aliphatic rings. The Kier molecular flexibility index (Phi) is 9.33. The smallest absolute Gasteiger partial charge is 0.0598 e. The molecule has 1 rings (SSSR count). The van der Waals surface area contributed by atoms with E-state index in [9.17, 15) is 0 Å². The van der Waals surface area contributed by atoms with Crippen LogP contribution in [0.2, 0.25) is 0 Å². The van der Waals surface area contributed by atoms with Crippen molar-refractivity contribution in [3.8, 4) is 0 Å². The summed E-state index contributed by atoms with van der Waals surface area (Å²) in [4.78, 5) is 0. The molecule has 0 aromatic rings. The molecule has 2 atom stereocenters. The summed E-state index contributed by atoms with van der Waals surface area (Å²) in [5, 5.41) is 1.69. The fourth-order valence-corrected chi connectivity index (χ4v) is 7.30. The van der Waals surface area contributed by atoms with Gasteiger partial charge in [0.15, 0.2) is 0 Å². The summed E-state index contributed by atoms with van der Waals surface area (Å²) in [5.74, 6) is 6.37. The molecule has 2 unspecified atom stereocenters. The van der Waals surface area contributed by atoms with Gasteiger partial charge in [-0.15, -0.1) is 0 Å². The average molecular weight is 369 g/mol. The maximum atomic E-state index is 5.76. The molecule has 5 heteroatoms. The lowest BCUT2D eigenvalue weighted by atomic mass is 10.2. The van der Waals surface area contributed by atoms with E-state index in [2.05, 4.69) is 88.6 Å². The Bertz CT molecular complexity index is 272. The number of hydrogen-bond donors (Lipinski definition) is 0. The van der Waals surface area contributed by atoms with Crippen molar-refractivity contribution in [3.63, 3.8) is 0 Å². The van der Waals surface area contributed by atoms with Crippen LogP contribution < -0.4 is 0 Å². The Morgan fingerprint density at radius 2 is 1.52 bits per heavy atom. The lowest BCUT2D eigenvalue weighted by Gasteiger charge is -2.29. The van der Waals surface area contributed by atoms with Crippen LogP contribution >= 0.6 is 47.0 Å². The van der Waals surface area contributed by atoms with Gasteiger partial charge in [0, 0.05) is 44.0 Å². The highest BCUT2D eigenvalue weighted by atomic mass is 32.2. The fraction of sp³-hybridized carbons (Fsp3) is 1.00. The van der Waals surface area contributed by atoms with Crippen molar-refractivity contribution in [1.29, 1.82) is 0 Å². The fourth-order valence-electron chi connectivity index (χ4n) is 1.74. The Morgan fingerprint density at radius 1 is 0.952 bits per heavy atom. The molecule has 1 heterocycles. The maximum absolute atomic E-state index is 5.76. The predicted molar refractivity (Wildman–Crippen MR) is 108 cm³/mol.